The lowest BCUT2D eigenvalue weighted by molar-refractivity contribution is 0.101. The van der Waals surface area contributed by atoms with E-state index in [9.17, 15) is 9.18 Å². The van der Waals surface area contributed by atoms with Crippen LogP contribution in [-0.2, 0) is 0 Å². The van der Waals surface area contributed by atoms with Gasteiger partial charge in [-0.3, -0.25) is 9.89 Å². The van der Waals surface area contributed by atoms with Gasteiger partial charge < -0.3 is 11.1 Å². The standard InChI is InChI=1S/C9H8FN5O/c10-5-3-1-2-4-6(5)12-8(16)7-13-9(11)15-14-7/h1-4H,(H,12,16)(H3,11,13,14,15). The van der Waals surface area contributed by atoms with Gasteiger partial charge in [-0.15, -0.1) is 5.10 Å². The average molecular weight is 221 g/mol. The van der Waals surface area contributed by atoms with Crippen molar-refractivity contribution in [1.82, 2.24) is 15.2 Å². The van der Waals surface area contributed by atoms with Crippen LogP contribution >= 0.6 is 0 Å². The summed E-state index contributed by atoms with van der Waals surface area (Å²) >= 11 is 0. The van der Waals surface area contributed by atoms with Gasteiger partial charge in [0.2, 0.25) is 11.8 Å². The van der Waals surface area contributed by atoms with Gasteiger partial charge in [-0.05, 0) is 12.1 Å². The van der Waals surface area contributed by atoms with Crippen LogP contribution in [0, 0.1) is 5.82 Å². The highest BCUT2D eigenvalue weighted by Crippen LogP contribution is 2.12. The Morgan fingerprint density at radius 1 is 1.44 bits per heavy atom. The first-order valence-corrected chi connectivity index (χ1v) is 4.40. The molecule has 2 aromatic rings. The normalized spacial score (nSPS) is 10.1. The summed E-state index contributed by atoms with van der Waals surface area (Å²) in [6.45, 7) is 0. The number of H-pyrrole nitrogens is 1. The van der Waals surface area contributed by atoms with Crippen molar-refractivity contribution in [2.24, 2.45) is 0 Å². The highest BCUT2D eigenvalue weighted by molar-refractivity contribution is 6.01. The summed E-state index contributed by atoms with van der Waals surface area (Å²) in [6.07, 6.45) is 0. The largest absolute Gasteiger partial charge is 0.366 e. The monoisotopic (exact) mass is 221 g/mol. The zero-order valence-corrected chi connectivity index (χ0v) is 8.07. The van der Waals surface area contributed by atoms with Crippen LogP contribution in [0.1, 0.15) is 10.6 Å². The number of halogens is 1. The van der Waals surface area contributed by atoms with E-state index in [1.54, 1.807) is 6.07 Å². The molecule has 1 aromatic carbocycles. The van der Waals surface area contributed by atoms with Crippen molar-refractivity contribution in [2.75, 3.05) is 11.1 Å². The molecule has 0 fully saturated rings. The Hall–Kier alpha value is -2.44. The first-order valence-electron chi connectivity index (χ1n) is 4.40. The Labute approximate surface area is 89.7 Å². The van der Waals surface area contributed by atoms with Gasteiger partial charge in [-0.1, -0.05) is 12.1 Å². The number of nitrogens with two attached hydrogens (primary N) is 1. The molecule has 82 valence electrons. The number of carbonyl (C=O) groups excluding carboxylic acids is 1. The molecule has 0 aliphatic carbocycles. The van der Waals surface area contributed by atoms with Crippen molar-refractivity contribution in [2.45, 2.75) is 0 Å². The first kappa shape index (κ1) is 10.1. The Morgan fingerprint density at radius 2 is 2.19 bits per heavy atom. The fourth-order valence-corrected chi connectivity index (χ4v) is 1.12. The van der Waals surface area contributed by atoms with Crippen LogP contribution in [-0.4, -0.2) is 21.1 Å². The summed E-state index contributed by atoms with van der Waals surface area (Å²) in [5.41, 5.74) is 5.30. The smallest absolute Gasteiger partial charge is 0.293 e. The number of hydrogen-bond donors (Lipinski definition) is 3. The van der Waals surface area contributed by atoms with Crippen LogP contribution in [0.2, 0.25) is 0 Å². The van der Waals surface area contributed by atoms with E-state index in [1.165, 1.54) is 18.2 Å². The number of carbonyl (C=O) groups is 1. The number of benzene rings is 1. The fraction of sp³-hybridized carbons (Fsp3) is 0. The van der Waals surface area contributed by atoms with Crippen molar-refractivity contribution in [3.8, 4) is 0 Å². The van der Waals surface area contributed by atoms with Crippen molar-refractivity contribution in [1.29, 1.82) is 0 Å². The highest BCUT2D eigenvalue weighted by atomic mass is 19.1. The molecule has 16 heavy (non-hydrogen) atoms. The lowest BCUT2D eigenvalue weighted by atomic mass is 10.3. The number of aromatic amines is 1. The molecule has 0 atom stereocenters. The molecule has 0 saturated heterocycles. The van der Waals surface area contributed by atoms with Crippen LogP contribution in [0.5, 0.6) is 0 Å². The van der Waals surface area contributed by atoms with Crippen LogP contribution in [0.15, 0.2) is 24.3 Å². The number of nitrogens with zero attached hydrogens (tertiary/aromatic N) is 2. The van der Waals surface area contributed by atoms with E-state index in [0.29, 0.717) is 0 Å². The average Bonchev–Trinajstić information content (AvgIpc) is 2.68. The SMILES string of the molecule is Nc1n[nH]c(C(=O)Nc2ccccc2F)n1. The number of aromatic nitrogens is 3. The number of rotatable bonds is 2. The van der Waals surface area contributed by atoms with Crippen molar-refractivity contribution < 1.29 is 9.18 Å². The molecule has 0 aliphatic rings. The maximum Gasteiger partial charge on any atom is 0.293 e. The number of nitrogens with one attached hydrogen (secondary N) is 2. The Balaban J connectivity index is 2.17. The molecule has 4 N–H and O–H groups in total. The Morgan fingerprint density at radius 3 is 2.81 bits per heavy atom. The van der Waals surface area contributed by atoms with Gasteiger partial charge in [-0.2, -0.15) is 4.98 Å². The minimum absolute atomic E-state index is 0.0429. The Bertz CT molecular complexity index is 524. The maximum atomic E-state index is 13.2. The molecule has 0 radical (unpaired) electrons. The molecule has 0 unspecified atom stereocenters. The highest BCUT2D eigenvalue weighted by Gasteiger charge is 2.12. The van der Waals surface area contributed by atoms with Gasteiger partial charge in [-0.25, -0.2) is 4.39 Å². The minimum Gasteiger partial charge on any atom is -0.366 e. The van der Waals surface area contributed by atoms with Gasteiger partial charge in [0.1, 0.15) is 5.82 Å². The van der Waals surface area contributed by atoms with Crippen molar-refractivity contribution in [3.05, 3.63) is 35.9 Å². The maximum absolute atomic E-state index is 13.2. The van der Waals surface area contributed by atoms with Gasteiger partial charge in [0.05, 0.1) is 5.69 Å². The Kier molecular flexibility index (Phi) is 2.50. The van der Waals surface area contributed by atoms with Gasteiger partial charge in [0, 0.05) is 0 Å². The van der Waals surface area contributed by atoms with Crippen molar-refractivity contribution in [3.63, 3.8) is 0 Å². The molecule has 0 bridgehead atoms. The third-order valence-corrected chi connectivity index (χ3v) is 1.84. The molecule has 1 heterocycles. The number of nitrogen functional groups attached to an aromatic ring is 1. The summed E-state index contributed by atoms with van der Waals surface area (Å²) in [7, 11) is 0. The summed E-state index contributed by atoms with van der Waals surface area (Å²) in [4.78, 5) is 15.1. The van der Waals surface area contributed by atoms with Gasteiger partial charge in [0.25, 0.3) is 5.91 Å². The lowest BCUT2D eigenvalue weighted by Crippen LogP contribution is -2.14. The molecule has 0 spiro atoms. The van der Waals surface area contributed by atoms with E-state index in [4.69, 9.17) is 5.73 Å². The molecule has 1 amide bonds. The number of amides is 1. The molecule has 7 heteroatoms. The van der Waals surface area contributed by atoms with Gasteiger partial charge >= 0.3 is 0 Å². The first-order chi connectivity index (χ1) is 7.66. The van der Waals surface area contributed by atoms with E-state index in [1.807, 2.05) is 0 Å². The summed E-state index contributed by atoms with van der Waals surface area (Å²) in [5.74, 6) is -1.24. The molecule has 0 aliphatic heterocycles. The zero-order chi connectivity index (χ0) is 11.5. The molecule has 6 nitrogen and oxygen atoms in total. The fourth-order valence-electron chi connectivity index (χ4n) is 1.12. The summed E-state index contributed by atoms with van der Waals surface area (Å²) in [6, 6.07) is 5.81. The van der Waals surface area contributed by atoms with E-state index in [2.05, 4.69) is 20.5 Å². The number of anilines is 2. The van der Waals surface area contributed by atoms with E-state index in [-0.39, 0.29) is 17.5 Å². The van der Waals surface area contributed by atoms with Gasteiger partial charge in [0.15, 0.2) is 0 Å². The summed E-state index contributed by atoms with van der Waals surface area (Å²) in [5, 5.41) is 8.15. The third kappa shape index (κ3) is 1.97. The molecule has 2 rings (SSSR count). The van der Waals surface area contributed by atoms with E-state index < -0.39 is 11.7 Å². The lowest BCUT2D eigenvalue weighted by Gasteiger charge is -2.02. The van der Waals surface area contributed by atoms with Crippen molar-refractivity contribution >= 4 is 17.5 Å². The quantitative estimate of drug-likeness (QED) is 0.698. The summed E-state index contributed by atoms with van der Waals surface area (Å²) < 4.78 is 13.2. The number of hydrogen-bond acceptors (Lipinski definition) is 4. The third-order valence-electron chi connectivity index (χ3n) is 1.84. The van der Waals surface area contributed by atoms with Crippen LogP contribution < -0.4 is 11.1 Å². The topological polar surface area (TPSA) is 96.7 Å². The van der Waals surface area contributed by atoms with Crippen LogP contribution in [0.4, 0.5) is 16.0 Å². The molecule has 0 saturated carbocycles. The van der Waals surface area contributed by atoms with E-state index >= 15 is 0 Å². The predicted octanol–water partition coefficient (Wildman–Crippen LogP) is 0.778. The molecule has 1 aromatic heterocycles. The second kappa shape index (κ2) is 3.97. The second-order valence-corrected chi connectivity index (χ2v) is 2.98. The van der Waals surface area contributed by atoms with Crippen LogP contribution in [0.25, 0.3) is 0 Å². The molecular weight excluding hydrogens is 213 g/mol. The van der Waals surface area contributed by atoms with Crippen LogP contribution in [0.3, 0.4) is 0 Å². The minimum atomic E-state index is -0.602. The second-order valence-electron chi connectivity index (χ2n) is 2.98. The molecular formula is C9H8FN5O. The zero-order valence-electron chi connectivity index (χ0n) is 8.07. The van der Waals surface area contributed by atoms with E-state index in [0.717, 1.165) is 0 Å². The number of para-hydroxylation sites is 1. The predicted molar refractivity (Wildman–Crippen MR) is 55.1 cm³/mol.